The molecule has 152 valence electrons. The van der Waals surface area contributed by atoms with Crippen LogP contribution in [-0.4, -0.2) is 46.9 Å². The van der Waals surface area contributed by atoms with Crippen molar-refractivity contribution in [1.82, 2.24) is 9.88 Å². The van der Waals surface area contributed by atoms with Gasteiger partial charge in [-0.2, -0.15) is 0 Å². The highest BCUT2D eigenvalue weighted by molar-refractivity contribution is 5.69. The van der Waals surface area contributed by atoms with Crippen LogP contribution in [-0.2, 0) is 4.74 Å². The summed E-state index contributed by atoms with van der Waals surface area (Å²) in [5.74, 6) is -0.369. The molecule has 1 fully saturated rings. The van der Waals surface area contributed by atoms with Crippen LogP contribution in [0.5, 0.6) is 5.88 Å². The fraction of sp³-hybridized carbons (Fsp3) is 0.684. The summed E-state index contributed by atoms with van der Waals surface area (Å²) in [5, 5.41) is 0. The molecule has 1 aromatic rings. The molecule has 0 saturated carbocycles. The average Bonchev–Trinajstić information content (AvgIpc) is 2.95. The number of carbonyl (C=O) groups is 1. The van der Waals surface area contributed by atoms with Crippen molar-refractivity contribution in [2.45, 2.75) is 70.9 Å². The molecule has 2 N–H and O–H groups in total. The predicted molar refractivity (Wildman–Crippen MR) is 97.8 cm³/mol. The topological polar surface area (TPSA) is 77.7 Å². The third-order valence-electron chi connectivity index (χ3n) is 4.21. The maximum Gasteiger partial charge on any atom is 0.410 e. The molecular weight excluding hydrogens is 356 g/mol. The molecule has 2 rings (SSSR count). The van der Waals surface area contributed by atoms with E-state index in [1.807, 2.05) is 6.92 Å². The molecule has 0 spiro atoms. The van der Waals surface area contributed by atoms with Gasteiger partial charge in [0.15, 0.2) is 0 Å². The quantitative estimate of drug-likeness (QED) is 0.807. The summed E-state index contributed by atoms with van der Waals surface area (Å²) in [5.41, 5.74) is 5.15. The van der Waals surface area contributed by atoms with Crippen LogP contribution in [0.1, 0.15) is 58.6 Å². The summed E-state index contributed by atoms with van der Waals surface area (Å²) >= 11 is 0. The lowest BCUT2D eigenvalue weighted by Crippen LogP contribution is -2.37. The summed E-state index contributed by atoms with van der Waals surface area (Å²) < 4.78 is 39.2. The van der Waals surface area contributed by atoms with Crippen LogP contribution < -0.4 is 10.5 Å². The fourth-order valence-electron chi connectivity index (χ4n) is 3.04. The Hall–Kier alpha value is -1.96. The first kappa shape index (κ1) is 21.3. The molecule has 1 aliphatic heterocycles. The van der Waals surface area contributed by atoms with Crippen molar-refractivity contribution >= 4 is 6.09 Å². The number of ether oxygens (including phenoxy) is 2. The molecule has 27 heavy (non-hydrogen) atoms. The Balaban J connectivity index is 2.28. The van der Waals surface area contributed by atoms with E-state index in [0.717, 1.165) is 12.6 Å². The zero-order valence-corrected chi connectivity index (χ0v) is 16.4. The Morgan fingerprint density at radius 1 is 1.48 bits per heavy atom. The maximum absolute atomic E-state index is 14.1. The minimum atomic E-state index is -1.23. The van der Waals surface area contributed by atoms with Gasteiger partial charge >= 0.3 is 6.09 Å². The number of pyridine rings is 1. The molecule has 1 aliphatic rings. The zero-order chi connectivity index (χ0) is 20.2. The monoisotopic (exact) mass is 385 g/mol. The molecule has 1 amide bonds. The second kappa shape index (κ2) is 8.82. The van der Waals surface area contributed by atoms with Crippen molar-refractivity contribution in [3.05, 3.63) is 23.6 Å². The van der Waals surface area contributed by atoms with Gasteiger partial charge in [0.25, 0.3) is 0 Å². The van der Waals surface area contributed by atoms with Gasteiger partial charge in [-0.1, -0.05) is 0 Å². The number of halogens is 2. The van der Waals surface area contributed by atoms with Gasteiger partial charge in [-0.05, 0) is 53.1 Å². The normalized spacial score (nSPS) is 21.2. The molecule has 0 aliphatic carbocycles. The second-order valence-electron chi connectivity index (χ2n) is 7.89. The fourth-order valence-corrected chi connectivity index (χ4v) is 3.04. The van der Waals surface area contributed by atoms with E-state index >= 15 is 0 Å². The molecule has 0 aromatic carbocycles. The van der Waals surface area contributed by atoms with E-state index in [9.17, 15) is 13.6 Å². The largest absolute Gasteiger partial charge is 0.474 e. The highest BCUT2D eigenvalue weighted by atomic mass is 19.1. The van der Waals surface area contributed by atoms with Crippen molar-refractivity contribution in [3.8, 4) is 5.88 Å². The van der Waals surface area contributed by atoms with Crippen LogP contribution in [0.25, 0.3) is 0 Å². The second-order valence-corrected chi connectivity index (χ2v) is 7.89. The van der Waals surface area contributed by atoms with Gasteiger partial charge in [-0.15, -0.1) is 0 Å². The number of hydrogen-bond acceptors (Lipinski definition) is 5. The number of likely N-dealkylation sites (tertiary alicyclic amines) is 1. The maximum atomic E-state index is 14.1. The molecule has 8 heteroatoms. The molecule has 0 bridgehead atoms. The lowest BCUT2D eigenvalue weighted by Gasteiger charge is -2.29. The van der Waals surface area contributed by atoms with E-state index in [2.05, 4.69) is 4.98 Å². The molecule has 6 nitrogen and oxygen atoms in total. The molecule has 0 radical (unpaired) electrons. The Bertz CT molecular complexity index is 652. The Kier molecular flexibility index (Phi) is 6.97. The summed E-state index contributed by atoms with van der Waals surface area (Å²) in [4.78, 5) is 17.8. The van der Waals surface area contributed by atoms with Crippen molar-refractivity contribution in [1.29, 1.82) is 0 Å². The van der Waals surface area contributed by atoms with Gasteiger partial charge in [0.1, 0.15) is 17.6 Å². The van der Waals surface area contributed by atoms with Crippen molar-refractivity contribution in [2.24, 2.45) is 5.73 Å². The van der Waals surface area contributed by atoms with E-state index in [-0.39, 0.29) is 24.9 Å². The van der Waals surface area contributed by atoms with Crippen LogP contribution in [0.4, 0.5) is 13.6 Å². The Morgan fingerprint density at radius 3 is 2.81 bits per heavy atom. The molecule has 2 heterocycles. The number of aromatic nitrogens is 1. The van der Waals surface area contributed by atoms with E-state index in [1.54, 1.807) is 20.8 Å². The number of rotatable bonds is 6. The number of hydrogen-bond donors (Lipinski definition) is 1. The third kappa shape index (κ3) is 6.02. The van der Waals surface area contributed by atoms with Crippen LogP contribution in [0.2, 0.25) is 0 Å². The van der Waals surface area contributed by atoms with Gasteiger partial charge in [0.05, 0.1) is 24.9 Å². The van der Waals surface area contributed by atoms with Crippen LogP contribution in [0.3, 0.4) is 0 Å². The van der Waals surface area contributed by atoms with Crippen LogP contribution in [0, 0.1) is 5.82 Å². The average molecular weight is 385 g/mol. The van der Waals surface area contributed by atoms with Gasteiger partial charge in [-0.3, -0.25) is 4.90 Å². The lowest BCUT2D eigenvalue weighted by atomic mass is 10.1. The molecule has 3 atom stereocenters. The van der Waals surface area contributed by atoms with E-state index in [0.29, 0.717) is 18.5 Å². The van der Waals surface area contributed by atoms with E-state index in [4.69, 9.17) is 15.2 Å². The SMILES string of the molecule is C[C@@H](CCCN)Oc1ncc(F)cc1[C@H]1C[C@H](F)CN1C(=O)OC(C)(C)C. The van der Waals surface area contributed by atoms with Crippen molar-refractivity contribution < 1.29 is 23.0 Å². The molecule has 0 unspecified atom stereocenters. The Morgan fingerprint density at radius 2 is 2.19 bits per heavy atom. The minimum Gasteiger partial charge on any atom is -0.474 e. The molecule has 1 saturated heterocycles. The smallest absolute Gasteiger partial charge is 0.410 e. The number of carbonyl (C=O) groups excluding carboxylic acids is 1. The van der Waals surface area contributed by atoms with Gasteiger partial charge in [0, 0.05) is 12.0 Å². The predicted octanol–water partition coefficient (Wildman–Crippen LogP) is 3.75. The van der Waals surface area contributed by atoms with Crippen LogP contribution >= 0.6 is 0 Å². The number of amides is 1. The Labute approximate surface area is 159 Å². The summed E-state index contributed by atoms with van der Waals surface area (Å²) in [6.07, 6.45) is 0.514. The van der Waals surface area contributed by atoms with Crippen molar-refractivity contribution in [2.75, 3.05) is 13.1 Å². The lowest BCUT2D eigenvalue weighted by molar-refractivity contribution is 0.0213. The third-order valence-corrected chi connectivity index (χ3v) is 4.21. The summed E-state index contributed by atoms with van der Waals surface area (Å²) in [6, 6.07) is 0.549. The summed E-state index contributed by atoms with van der Waals surface area (Å²) in [6.45, 7) is 7.50. The molecular formula is C19H29F2N3O3. The highest BCUT2D eigenvalue weighted by Crippen LogP contribution is 2.39. The van der Waals surface area contributed by atoms with Crippen LogP contribution in [0.15, 0.2) is 12.3 Å². The first-order valence-corrected chi connectivity index (χ1v) is 9.26. The first-order valence-electron chi connectivity index (χ1n) is 9.26. The van der Waals surface area contributed by atoms with Crippen molar-refractivity contribution in [3.63, 3.8) is 0 Å². The minimum absolute atomic E-state index is 0.0396. The van der Waals surface area contributed by atoms with E-state index in [1.165, 1.54) is 11.0 Å². The highest BCUT2D eigenvalue weighted by Gasteiger charge is 2.40. The zero-order valence-electron chi connectivity index (χ0n) is 16.4. The van der Waals surface area contributed by atoms with Gasteiger partial charge < -0.3 is 15.2 Å². The number of nitrogens with zero attached hydrogens (tertiary/aromatic N) is 2. The first-order chi connectivity index (χ1) is 12.6. The van der Waals surface area contributed by atoms with Gasteiger partial charge in [0.2, 0.25) is 5.88 Å². The molecule has 1 aromatic heterocycles. The number of nitrogens with two attached hydrogens (primary N) is 1. The summed E-state index contributed by atoms with van der Waals surface area (Å²) in [7, 11) is 0. The number of alkyl halides is 1. The van der Waals surface area contributed by atoms with E-state index < -0.39 is 29.7 Å². The van der Waals surface area contributed by atoms with Gasteiger partial charge in [-0.25, -0.2) is 18.6 Å². The standard InChI is InChI=1S/C19H29F2N3O3/c1-12(6-5-7-22)26-17-15(8-13(20)10-23-17)16-9-14(21)11-24(16)18(25)27-19(2,3)4/h8,10,12,14,16H,5-7,9,11,22H2,1-4H3/t12-,14-,16+/m0/s1.